The van der Waals surface area contributed by atoms with Crippen LogP contribution < -0.4 is 10.2 Å². The molecule has 3 aromatic rings. The minimum Gasteiger partial charge on any atom is -0.349 e. The third-order valence-electron chi connectivity index (χ3n) is 4.57. The maximum Gasteiger partial charge on any atom is 0.135 e. The van der Waals surface area contributed by atoms with Gasteiger partial charge < -0.3 is 10.2 Å². The Morgan fingerprint density at radius 2 is 1.62 bits per heavy atom. The zero-order valence-electron chi connectivity index (χ0n) is 14.1. The minimum absolute atomic E-state index is 0.171. The van der Waals surface area contributed by atoms with Gasteiger partial charge in [-0.15, -0.1) is 0 Å². The van der Waals surface area contributed by atoms with Crippen LogP contribution in [0, 0.1) is 11.6 Å². The molecule has 0 spiro atoms. The maximum absolute atomic E-state index is 13.2. The fourth-order valence-electron chi connectivity index (χ4n) is 3.33. The Hall–Kier alpha value is -3.02. The number of rotatable bonds is 4. The Morgan fingerprint density at radius 3 is 2.35 bits per heavy atom. The summed E-state index contributed by atoms with van der Waals surface area (Å²) in [5.74, 6) is 0.951. The Labute approximate surface area is 150 Å². The van der Waals surface area contributed by atoms with Gasteiger partial charge in [-0.05, 0) is 54.8 Å². The molecule has 4 rings (SSSR count). The number of halogens is 2. The molecule has 0 saturated carbocycles. The van der Waals surface area contributed by atoms with Crippen LogP contribution in [0.25, 0.3) is 0 Å². The van der Waals surface area contributed by atoms with Crippen LogP contribution in [-0.4, -0.2) is 16.5 Å². The zero-order valence-corrected chi connectivity index (χ0v) is 14.1. The summed E-state index contributed by atoms with van der Waals surface area (Å²) in [7, 11) is 0. The molecule has 0 amide bonds. The molecule has 0 radical (unpaired) electrons. The van der Waals surface area contributed by atoms with Gasteiger partial charge in [0, 0.05) is 18.3 Å². The second-order valence-corrected chi connectivity index (χ2v) is 6.30. The predicted octanol–water partition coefficient (Wildman–Crippen LogP) is 4.84. The Balaban J connectivity index is 1.57. The van der Waals surface area contributed by atoms with Crippen molar-refractivity contribution in [1.29, 1.82) is 0 Å². The van der Waals surface area contributed by atoms with Crippen LogP contribution in [0.2, 0.25) is 0 Å². The summed E-state index contributed by atoms with van der Waals surface area (Å²) < 4.78 is 26.3. The van der Waals surface area contributed by atoms with Crippen molar-refractivity contribution < 1.29 is 8.78 Å². The number of hydrogen-bond donors (Lipinski definition) is 1. The molecule has 1 aliphatic rings. The summed E-state index contributed by atoms with van der Waals surface area (Å²) in [6.45, 7) is 0.884. The SMILES string of the molecule is Fc1ccc(Nc2cc(N3CCCC3c3ccc(F)cc3)ncn2)cc1. The van der Waals surface area contributed by atoms with E-state index in [0.717, 1.165) is 36.5 Å². The third-order valence-corrected chi connectivity index (χ3v) is 4.57. The fourth-order valence-corrected chi connectivity index (χ4v) is 3.33. The molecule has 26 heavy (non-hydrogen) atoms. The van der Waals surface area contributed by atoms with E-state index in [1.165, 1.54) is 30.6 Å². The molecule has 2 aromatic carbocycles. The molecule has 0 aliphatic carbocycles. The van der Waals surface area contributed by atoms with E-state index in [1.54, 1.807) is 12.1 Å². The molecule has 2 heterocycles. The first-order valence-corrected chi connectivity index (χ1v) is 8.56. The second kappa shape index (κ2) is 7.07. The average molecular weight is 352 g/mol. The van der Waals surface area contributed by atoms with Gasteiger partial charge in [-0.25, -0.2) is 18.7 Å². The third kappa shape index (κ3) is 3.49. The first kappa shape index (κ1) is 16.4. The number of anilines is 3. The molecular weight excluding hydrogens is 334 g/mol. The zero-order chi connectivity index (χ0) is 17.9. The van der Waals surface area contributed by atoms with Crippen LogP contribution >= 0.6 is 0 Å². The maximum atomic E-state index is 13.2. The van der Waals surface area contributed by atoms with Gasteiger partial charge >= 0.3 is 0 Å². The van der Waals surface area contributed by atoms with E-state index in [1.807, 2.05) is 18.2 Å². The van der Waals surface area contributed by atoms with Crippen LogP contribution in [-0.2, 0) is 0 Å². The van der Waals surface area contributed by atoms with E-state index < -0.39 is 0 Å². The molecule has 1 unspecified atom stereocenters. The van der Waals surface area contributed by atoms with E-state index >= 15 is 0 Å². The molecule has 1 saturated heterocycles. The highest BCUT2D eigenvalue weighted by atomic mass is 19.1. The Kier molecular flexibility index (Phi) is 4.48. The van der Waals surface area contributed by atoms with Crippen LogP contribution in [0.3, 0.4) is 0 Å². The summed E-state index contributed by atoms with van der Waals surface area (Å²) in [5, 5.41) is 3.16. The predicted molar refractivity (Wildman–Crippen MR) is 97.4 cm³/mol. The summed E-state index contributed by atoms with van der Waals surface area (Å²) in [6.07, 6.45) is 3.56. The first-order valence-electron chi connectivity index (χ1n) is 8.56. The normalized spacial score (nSPS) is 16.7. The van der Waals surface area contributed by atoms with Crippen molar-refractivity contribution in [1.82, 2.24) is 9.97 Å². The molecule has 132 valence electrons. The Bertz CT molecular complexity index is 881. The first-order chi connectivity index (χ1) is 12.7. The molecule has 1 atom stereocenters. The molecule has 4 nitrogen and oxygen atoms in total. The molecule has 1 fully saturated rings. The smallest absolute Gasteiger partial charge is 0.135 e. The van der Waals surface area contributed by atoms with Crippen molar-refractivity contribution >= 4 is 17.3 Å². The summed E-state index contributed by atoms with van der Waals surface area (Å²) in [4.78, 5) is 10.9. The number of benzene rings is 2. The van der Waals surface area contributed by atoms with Gasteiger partial charge in [0.05, 0.1) is 6.04 Å². The highest BCUT2D eigenvalue weighted by Gasteiger charge is 2.27. The van der Waals surface area contributed by atoms with Crippen molar-refractivity contribution in [3.63, 3.8) is 0 Å². The van der Waals surface area contributed by atoms with Gasteiger partial charge in [0.2, 0.25) is 0 Å². The van der Waals surface area contributed by atoms with Crippen LogP contribution in [0.15, 0.2) is 60.9 Å². The molecule has 6 heteroatoms. The van der Waals surface area contributed by atoms with Crippen molar-refractivity contribution in [2.24, 2.45) is 0 Å². The van der Waals surface area contributed by atoms with Crippen LogP contribution in [0.4, 0.5) is 26.1 Å². The van der Waals surface area contributed by atoms with Gasteiger partial charge in [-0.2, -0.15) is 0 Å². The topological polar surface area (TPSA) is 41.0 Å². The molecule has 1 aromatic heterocycles. The largest absolute Gasteiger partial charge is 0.349 e. The van der Waals surface area contributed by atoms with E-state index in [2.05, 4.69) is 20.2 Å². The number of hydrogen-bond acceptors (Lipinski definition) is 4. The molecular formula is C20H18F2N4. The summed E-state index contributed by atoms with van der Waals surface area (Å²) in [6, 6.07) is 14.8. The molecule has 1 aliphatic heterocycles. The molecule has 0 bridgehead atoms. The van der Waals surface area contributed by atoms with E-state index in [-0.39, 0.29) is 17.7 Å². The highest BCUT2D eigenvalue weighted by Crippen LogP contribution is 2.35. The molecule has 1 N–H and O–H groups in total. The van der Waals surface area contributed by atoms with Crippen molar-refractivity contribution in [3.8, 4) is 0 Å². The van der Waals surface area contributed by atoms with Crippen LogP contribution in [0.1, 0.15) is 24.4 Å². The van der Waals surface area contributed by atoms with E-state index in [9.17, 15) is 8.78 Å². The monoisotopic (exact) mass is 352 g/mol. The lowest BCUT2D eigenvalue weighted by molar-refractivity contribution is 0.624. The lowest BCUT2D eigenvalue weighted by Crippen LogP contribution is -2.23. The average Bonchev–Trinajstić information content (AvgIpc) is 3.14. The second-order valence-electron chi connectivity index (χ2n) is 6.30. The van der Waals surface area contributed by atoms with Crippen molar-refractivity contribution in [2.45, 2.75) is 18.9 Å². The fraction of sp³-hybridized carbons (Fsp3) is 0.200. The van der Waals surface area contributed by atoms with Gasteiger partial charge in [0.25, 0.3) is 0 Å². The van der Waals surface area contributed by atoms with Gasteiger partial charge in [0.1, 0.15) is 29.6 Å². The van der Waals surface area contributed by atoms with Gasteiger partial charge in [-0.1, -0.05) is 12.1 Å². The van der Waals surface area contributed by atoms with E-state index in [4.69, 9.17) is 0 Å². The van der Waals surface area contributed by atoms with Gasteiger partial charge in [0.15, 0.2) is 0 Å². The quantitative estimate of drug-likeness (QED) is 0.729. The van der Waals surface area contributed by atoms with Crippen molar-refractivity contribution in [2.75, 3.05) is 16.8 Å². The van der Waals surface area contributed by atoms with Gasteiger partial charge in [-0.3, -0.25) is 0 Å². The van der Waals surface area contributed by atoms with E-state index in [0.29, 0.717) is 5.82 Å². The van der Waals surface area contributed by atoms with Crippen molar-refractivity contribution in [3.05, 3.63) is 78.1 Å². The minimum atomic E-state index is -0.280. The lowest BCUT2D eigenvalue weighted by atomic mass is 10.0. The summed E-state index contributed by atoms with van der Waals surface area (Å²) in [5.41, 5.74) is 1.84. The lowest BCUT2D eigenvalue weighted by Gasteiger charge is -2.26. The standard InChI is InChI=1S/C20H18F2N4/c21-15-5-3-14(4-6-15)18-2-1-11-26(18)20-12-19(23-13-24-20)25-17-9-7-16(22)8-10-17/h3-10,12-13,18H,1-2,11H2,(H,23,24,25). The Morgan fingerprint density at radius 1 is 0.923 bits per heavy atom. The highest BCUT2D eigenvalue weighted by molar-refractivity contribution is 5.59. The number of nitrogens with one attached hydrogen (secondary N) is 1. The van der Waals surface area contributed by atoms with Crippen LogP contribution in [0.5, 0.6) is 0 Å². The number of nitrogens with zero attached hydrogens (tertiary/aromatic N) is 3. The summed E-state index contributed by atoms with van der Waals surface area (Å²) >= 11 is 0. The number of aromatic nitrogens is 2.